The summed E-state index contributed by atoms with van der Waals surface area (Å²) >= 11 is 0. The van der Waals surface area contributed by atoms with Gasteiger partial charge in [-0.25, -0.2) is 9.59 Å². The summed E-state index contributed by atoms with van der Waals surface area (Å²) in [6.07, 6.45) is 0. The van der Waals surface area contributed by atoms with E-state index in [9.17, 15) is 9.59 Å². The van der Waals surface area contributed by atoms with E-state index >= 15 is 0 Å². The smallest absolute Gasteiger partial charge is 0.335 e. The predicted octanol–water partition coefficient (Wildman–Crippen LogP) is 1.39. The highest BCUT2D eigenvalue weighted by Crippen LogP contribution is 2.03. The number of rotatable bonds is 2. The minimum atomic E-state index is -1.06. The molecule has 14 heavy (non-hydrogen) atoms. The van der Waals surface area contributed by atoms with Gasteiger partial charge in [0.2, 0.25) is 0 Å². The van der Waals surface area contributed by atoms with E-state index in [0.29, 0.717) is 0 Å². The Bertz CT molecular complexity index is 288. The van der Waals surface area contributed by atoms with Gasteiger partial charge in [0.15, 0.2) is 0 Å². The lowest BCUT2D eigenvalue weighted by Gasteiger charge is -1.94. The monoisotopic (exact) mass is 206 g/mol. The first kappa shape index (κ1) is 14.5. The minimum absolute atomic E-state index is 0. The van der Waals surface area contributed by atoms with E-state index in [-0.39, 0.29) is 20.5 Å². The largest absolute Gasteiger partial charge is 0.478 e. The molecule has 0 aliphatic rings. The maximum atomic E-state index is 10.3. The third-order valence-corrected chi connectivity index (χ3v) is 1.38. The summed E-state index contributed by atoms with van der Waals surface area (Å²) in [4.78, 5) is 20.7. The van der Waals surface area contributed by atoms with E-state index in [4.69, 9.17) is 10.2 Å². The van der Waals surface area contributed by atoms with Crippen molar-refractivity contribution < 1.29 is 29.2 Å². The third kappa shape index (κ3) is 3.18. The van der Waals surface area contributed by atoms with Crippen molar-refractivity contribution in [3.8, 4) is 0 Å². The Kier molecular flexibility index (Phi) is 5.85. The van der Waals surface area contributed by atoms with E-state index in [1.165, 1.54) is 24.3 Å². The van der Waals surface area contributed by atoms with Crippen LogP contribution in [-0.2, 0) is 0 Å². The second-order valence-electron chi connectivity index (χ2n) is 2.19. The third-order valence-electron chi connectivity index (χ3n) is 1.38. The molecule has 6 heteroatoms. The van der Waals surface area contributed by atoms with Crippen LogP contribution in [0.5, 0.6) is 0 Å². The van der Waals surface area contributed by atoms with Gasteiger partial charge in [-0.15, -0.1) is 0 Å². The summed E-state index contributed by atoms with van der Waals surface area (Å²) in [5.41, 5.74) is 0.167. The van der Waals surface area contributed by atoms with Crippen LogP contribution in [0.2, 0.25) is 0 Å². The zero-order valence-electron chi connectivity index (χ0n) is 6.84. The van der Waals surface area contributed by atoms with Crippen LogP contribution in [0, 0.1) is 0 Å². The molecule has 78 valence electrons. The van der Waals surface area contributed by atoms with Gasteiger partial charge < -0.3 is 10.2 Å². The highest BCUT2D eigenvalue weighted by atomic mass is 19.0. The molecule has 1 aromatic carbocycles. The number of hydrogen-bond donors (Lipinski definition) is 2. The molecule has 0 heterocycles. The van der Waals surface area contributed by atoms with E-state index < -0.39 is 11.9 Å². The van der Waals surface area contributed by atoms with E-state index in [0.717, 1.165) is 0 Å². The normalized spacial score (nSPS) is 8.00. The lowest BCUT2D eigenvalue weighted by Crippen LogP contribution is -1.99. The lowest BCUT2D eigenvalue weighted by atomic mass is 10.1. The Morgan fingerprint density at radius 2 is 1.00 bits per heavy atom. The molecule has 0 saturated carbocycles. The van der Waals surface area contributed by atoms with E-state index in [2.05, 4.69) is 0 Å². The molecule has 0 aliphatic carbocycles. The first-order chi connectivity index (χ1) is 5.61. The molecule has 0 aliphatic heterocycles. The van der Waals surface area contributed by atoms with Gasteiger partial charge in [-0.1, -0.05) is 0 Å². The molecular formula is C8H8F2O4. The van der Waals surface area contributed by atoms with Gasteiger partial charge in [-0.3, -0.25) is 9.41 Å². The van der Waals surface area contributed by atoms with Crippen molar-refractivity contribution in [1.82, 2.24) is 0 Å². The van der Waals surface area contributed by atoms with Gasteiger partial charge in [0, 0.05) is 0 Å². The first-order valence-corrected chi connectivity index (χ1v) is 3.18. The van der Waals surface area contributed by atoms with Crippen molar-refractivity contribution in [2.24, 2.45) is 0 Å². The van der Waals surface area contributed by atoms with E-state index in [1.807, 2.05) is 0 Å². The molecule has 0 bridgehead atoms. The lowest BCUT2D eigenvalue weighted by molar-refractivity contribution is 0.0681. The Morgan fingerprint density at radius 3 is 1.14 bits per heavy atom. The summed E-state index contributed by atoms with van der Waals surface area (Å²) in [5, 5.41) is 16.9. The zero-order valence-corrected chi connectivity index (χ0v) is 6.84. The molecule has 0 spiro atoms. The summed E-state index contributed by atoms with van der Waals surface area (Å²) in [6, 6.07) is 5.02. The molecule has 0 aromatic heterocycles. The van der Waals surface area contributed by atoms with Crippen molar-refractivity contribution in [2.45, 2.75) is 0 Å². The van der Waals surface area contributed by atoms with Crippen molar-refractivity contribution >= 4 is 11.9 Å². The molecule has 0 unspecified atom stereocenters. The maximum Gasteiger partial charge on any atom is 0.335 e. The van der Waals surface area contributed by atoms with Gasteiger partial charge >= 0.3 is 11.9 Å². The van der Waals surface area contributed by atoms with Gasteiger partial charge in [-0.2, -0.15) is 0 Å². The predicted molar refractivity (Wildman–Crippen MR) is 45.4 cm³/mol. The fraction of sp³-hybridized carbons (Fsp3) is 0. The fourth-order valence-corrected chi connectivity index (χ4v) is 0.755. The fourth-order valence-electron chi connectivity index (χ4n) is 0.755. The average molecular weight is 206 g/mol. The molecule has 0 saturated heterocycles. The summed E-state index contributed by atoms with van der Waals surface area (Å²) in [5.74, 6) is -2.13. The molecule has 0 radical (unpaired) electrons. The van der Waals surface area contributed by atoms with Gasteiger partial charge in [0.05, 0.1) is 11.1 Å². The molecular weight excluding hydrogens is 198 g/mol. The molecule has 1 rings (SSSR count). The highest BCUT2D eigenvalue weighted by molar-refractivity contribution is 5.91. The molecule has 2 N–H and O–H groups in total. The number of benzene rings is 1. The van der Waals surface area contributed by atoms with Crippen molar-refractivity contribution in [3.63, 3.8) is 0 Å². The summed E-state index contributed by atoms with van der Waals surface area (Å²) < 4.78 is 0. The van der Waals surface area contributed by atoms with Crippen LogP contribution >= 0.6 is 0 Å². The second-order valence-corrected chi connectivity index (χ2v) is 2.19. The number of hydrogen-bond acceptors (Lipinski definition) is 2. The Balaban J connectivity index is 0. The van der Waals surface area contributed by atoms with Gasteiger partial charge in [0.25, 0.3) is 0 Å². The number of carboxylic acids is 2. The Morgan fingerprint density at radius 1 is 0.786 bits per heavy atom. The van der Waals surface area contributed by atoms with Crippen LogP contribution in [0.1, 0.15) is 20.7 Å². The first-order valence-electron chi connectivity index (χ1n) is 3.18. The zero-order chi connectivity index (χ0) is 9.14. The average Bonchev–Trinajstić information content (AvgIpc) is 2.04. The minimum Gasteiger partial charge on any atom is -0.478 e. The Labute approximate surface area is 77.5 Å². The molecule has 0 atom stereocenters. The topological polar surface area (TPSA) is 74.6 Å². The number of halogens is 2. The standard InChI is InChI=1S/C8H6O4.2FH/c9-7(10)5-1-2-6(4-3-5)8(11)12;;/h1-4H,(H,9,10)(H,11,12);2*1H. The van der Waals surface area contributed by atoms with Gasteiger partial charge in [-0.05, 0) is 24.3 Å². The quantitative estimate of drug-likeness (QED) is 0.766. The molecule has 0 fully saturated rings. The van der Waals surface area contributed by atoms with Crippen molar-refractivity contribution in [1.29, 1.82) is 0 Å². The maximum absolute atomic E-state index is 10.3. The van der Waals surface area contributed by atoms with E-state index in [1.54, 1.807) is 0 Å². The SMILES string of the molecule is F.F.O=C(O)c1ccc(C(=O)O)cc1. The molecule has 0 amide bonds. The van der Waals surface area contributed by atoms with Crippen molar-refractivity contribution in [2.75, 3.05) is 0 Å². The number of carboxylic acid groups (broad SMARTS) is 2. The van der Waals surface area contributed by atoms with Crippen molar-refractivity contribution in [3.05, 3.63) is 35.4 Å². The summed E-state index contributed by atoms with van der Waals surface area (Å²) in [6.45, 7) is 0. The number of aromatic carboxylic acids is 2. The van der Waals surface area contributed by atoms with Crippen LogP contribution in [0.3, 0.4) is 0 Å². The van der Waals surface area contributed by atoms with Crippen LogP contribution in [0.4, 0.5) is 9.41 Å². The second kappa shape index (κ2) is 5.63. The van der Waals surface area contributed by atoms with Gasteiger partial charge in [0.1, 0.15) is 0 Å². The van der Waals surface area contributed by atoms with Crippen LogP contribution in [0.25, 0.3) is 0 Å². The van der Waals surface area contributed by atoms with Crippen LogP contribution in [-0.4, -0.2) is 22.2 Å². The summed E-state index contributed by atoms with van der Waals surface area (Å²) in [7, 11) is 0. The number of carbonyl (C=O) groups is 2. The Hall–Kier alpha value is -1.98. The van der Waals surface area contributed by atoms with Crippen LogP contribution in [0.15, 0.2) is 24.3 Å². The molecule has 4 nitrogen and oxygen atoms in total. The van der Waals surface area contributed by atoms with Crippen LogP contribution < -0.4 is 0 Å². The molecule has 1 aromatic rings. The highest BCUT2D eigenvalue weighted by Gasteiger charge is 2.04.